The first-order valence-corrected chi connectivity index (χ1v) is 8.44. The number of ether oxygens (including phenoxy) is 1. The van der Waals surface area contributed by atoms with Gasteiger partial charge in [0.25, 0.3) is 0 Å². The van der Waals surface area contributed by atoms with Crippen LogP contribution in [0.5, 0.6) is 0 Å². The molecule has 1 aliphatic rings. The lowest BCUT2D eigenvalue weighted by molar-refractivity contribution is 0.0234. The second-order valence-electron chi connectivity index (χ2n) is 7.16. The van der Waals surface area contributed by atoms with Crippen LogP contribution in [0, 0.1) is 17.2 Å². The van der Waals surface area contributed by atoms with Gasteiger partial charge in [-0.05, 0) is 52.5 Å². The lowest BCUT2D eigenvalue weighted by Gasteiger charge is -2.29. The van der Waals surface area contributed by atoms with Crippen LogP contribution in [0.15, 0.2) is 0 Å². The molecule has 2 atom stereocenters. The van der Waals surface area contributed by atoms with Crippen molar-refractivity contribution in [2.24, 2.45) is 5.92 Å². The molecule has 0 unspecified atom stereocenters. The van der Waals surface area contributed by atoms with Crippen LogP contribution >= 0.6 is 0 Å². The zero-order valence-corrected chi connectivity index (χ0v) is 14.5. The molecule has 1 saturated heterocycles. The Morgan fingerprint density at radius 2 is 2.18 bits per heavy atom. The minimum absolute atomic E-state index is 0.205. The minimum Gasteiger partial charge on any atom is -0.444 e. The number of carbonyl (C=O) groups is 1. The van der Waals surface area contributed by atoms with E-state index in [4.69, 9.17) is 10.00 Å². The van der Waals surface area contributed by atoms with Gasteiger partial charge in [-0.2, -0.15) is 5.26 Å². The fourth-order valence-corrected chi connectivity index (χ4v) is 2.69. The molecule has 1 aliphatic heterocycles. The van der Waals surface area contributed by atoms with Crippen molar-refractivity contribution in [2.75, 3.05) is 19.6 Å². The normalized spacial score (nSPS) is 20.9. The van der Waals surface area contributed by atoms with Crippen LogP contribution in [0.3, 0.4) is 0 Å². The van der Waals surface area contributed by atoms with E-state index in [9.17, 15) is 4.79 Å². The zero-order chi connectivity index (χ0) is 16.6. The van der Waals surface area contributed by atoms with Gasteiger partial charge in [0, 0.05) is 19.1 Å². The number of likely N-dealkylation sites (tertiary alicyclic amines) is 1. The van der Waals surface area contributed by atoms with Gasteiger partial charge < -0.3 is 15.0 Å². The van der Waals surface area contributed by atoms with E-state index in [1.54, 1.807) is 0 Å². The second kappa shape index (κ2) is 8.99. The Morgan fingerprint density at radius 3 is 2.77 bits per heavy atom. The van der Waals surface area contributed by atoms with Crippen molar-refractivity contribution < 1.29 is 9.53 Å². The zero-order valence-electron chi connectivity index (χ0n) is 14.5. The molecule has 0 saturated carbocycles. The third-order valence-corrected chi connectivity index (χ3v) is 3.95. The van der Waals surface area contributed by atoms with E-state index in [1.165, 1.54) is 0 Å². The first-order chi connectivity index (χ1) is 10.4. The number of rotatable bonds is 5. The first-order valence-electron chi connectivity index (χ1n) is 8.44. The predicted octanol–water partition coefficient (Wildman–Crippen LogP) is 3.31. The molecule has 1 rings (SSSR count). The molecule has 1 N–H and O–H groups in total. The highest BCUT2D eigenvalue weighted by molar-refractivity contribution is 5.68. The van der Waals surface area contributed by atoms with Crippen molar-refractivity contribution in [3.8, 4) is 6.07 Å². The number of amides is 1. The smallest absolute Gasteiger partial charge is 0.410 e. The lowest BCUT2D eigenvalue weighted by atomic mass is 10.0. The molecule has 0 bridgehead atoms. The quantitative estimate of drug-likeness (QED) is 0.846. The molecular formula is C17H31N3O2. The molecule has 22 heavy (non-hydrogen) atoms. The summed E-state index contributed by atoms with van der Waals surface area (Å²) in [4.78, 5) is 14.1. The molecule has 0 spiro atoms. The van der Waals surface area contributed by atoms with Gasteiger partial charge in [0.2, 0.25) is 0 Å². The van der Waals surface area contributed by atoms with E-state index in [-0.39, 0.29) is 12.1 Å². The number of nitrogens with zero attached hydrogens (tertiary/aromatic N) is 2. The van der Waals surface area contributed by atoms with Crippen LogP contribution in [-0.2, 0) is 4.74 Å². The maximum atomic E-state index is 12.2. The van der Waals surface area contributed by atoms with Gasteiger partial charge >= 0.3 is 6.09 Å². The molecule has 0 aliphatic carbocycles. The van der Waals surface area contributed by atoms with E-state index in [0.717, 1.165) is 45.3 Å². The van der Waals surface area contributed by atoms with Crippen LogP contribution in [-0.4, -0.2) is 42.3 Å². The van der Waals surface area contributed by atoms with Gasteiger partial charge in [0.15, 0.2) is 0 Å². The lowest BCUT2D eigenvalue weighted by Crippen LogP contribution is -2.42. The number of nitrogens with one attached hydrogen (secondary N) is 1. The molecule has 0 radical (unpaired) electrons. The van der Waals surface area contributed by atoms with Gasteiger partial charge in [0.05, 0.1) is 12.5 Å². The Morgan fingerprint density at radius 1 is 1.45 bits per heavy atom. The van der Waals surface area contributed by atoms with Crippen molar-refractivity contribution in [3.05, 3.63) is 0 Å². The Balaban J connectivity index is 2.51. The van der Waals surface area contributed by atoms with Gasteiger partial charge in [-0.25, -0.2) is 4.79 Å². The van der Waals surface area contributed by atoms with Crippen LogP contribution in [0.4, 0.5) is 4.79 Å². The van der Waals surface area contributed by atoms with Crippen molar-refractivity contribution >= 4 is 6.09 Å². The maximum Gasteiger partial charge on any atom is 0.410 e. The van der Waals surface area contributed by atoms with E-state index in [2.05, 4.69) is 18.3 Å². The average molecular weight is 309 g/mol. The third kappa shape index (κ3) is 7.13. The van der Waals surface area contributed by atoms with Crippen LogP contribution in [0.1, 0.15) is 59.8 Å². The molecule has 126 valence electrons. The summed E-state index contributed by atoms with van der Waals surface area (Å²) in [6, 6.07) is 2.48. The molecule has 0 aromatic heterocycles. The third-order valence-electron chi connectivity index (χ3n) is 3.95. The van der Waals surface area contributed by atoms with Gasteiger partial charge in [-0.3, -0.25) is 0 Å². The Hall–Kier alpha value is -1.28. The van der Waals surface area contributed by atoms with Gasteiger partial charge in [-0.15, -0.1) is 0 Å². The summed E-state index contributed by atoms with van der Waals surface area (Å²) in [5, 5.41) is 12.3. The number of hydrogen-bond donors (Lipinski definition) is 1. The topological polar surface area (TPSA) is 65.4 Å². The minimum atomic E-state index is -0.447. The summed E-state index contributed by atoms with van der Waals surface area (Å²) in [5.41, 5.74) is -0.447. The highest BCUT2D eigenvalue weighted by atomic mass is 16.6. The van der Waals surface area contributed by atoms with Crippen molar-refractivity contribution in [2.45, 2.75) is 71.4 Å². The highest BCUT2D eigenvalue weighted by Gasteiger charge is 2.26. The SMILES string of the molecule is CC[C@H](CC#N)NC[C@@H]1CCCCN(C(=O)OC(C)(C)C)C1. The number of carbonyl (C=O) groups excluding carboxylic acids is 1. The average Bonchev–Trinajstić information content (AvgIpc) is 2.67. The van der Waals surface area contributed by atoms with Crippen LogP contribution < -0.4 is 5.32 Å². The van der Waals surface area contributed by atoms with E-state index < -0.39 is 5.60 Å². The van der Waals surface area contributed by atoms with Gasteiger partial charge in [0.1, 0.15) is 5.60 Å². The Kier molecular flexibility index (Phi) is 7.67. The molecule has 0 aromatic carbocycles. The van der Waals surface area contributed by atoms with E-state index in [0.29, 0.717) is 12.3 Å². The molecule has 1 fully saturated rings. The summed E-state index contributed by atoms with van der Waals surface area (Å²) in [5.74, 6) is 0.433. The number of hydrogen-bond acceptors (Lipinski definition) is 4. The predicted molar refractivity (Wildman–Crippen MR) is 87.5 cm³/mol. The van der Waals surface area contributed by atoms with Crippen LogP contribution in [0.25, 0.3) is 0 Å². The number of nitriles is 1. The molecule has 1 amide bonds. The summed E-state index contributed by atoms with van der Waals surface area (Å²) >= 11 is 0. The van der Waals surface area contributed by atoms with Gasteiger partial charge in [-0.1, -0.05) is 13.3 Å². The summed E-state index contributed by atoms with van der Waals surface area (Å²) in [7, 11) is 0. The Bertz CT molecular complexity index is 384. The summed E-state index contributed by atoms with van der Waals surface area (Å²) in [6.45, 7) is 10.2. The van der Waals surface area contributed by atoms with Crippen molar-refractivity contribution in [1.29, 1.82) is 5.26 Å². The Labute approximate surface area is 135 Å². The van der Waals surface area contributed by atoms with Crippen molar-refractivity contribution in [3.63, 3.8) is 0 Å². The summed E-state index contributed by atoms with van der Waals surface area (Å²) < 4.78 is 5.49. The highest BCUT2D eigenvalue weighted by Crippen LogP contribution is 2.19. The first kappa shape index (κ1) is 18.8. The van der Waals surface area contributed by atoms with E-state index in [1.807, 2.05) is 25.7 Å². The molecular weight excluding hydrogens is 278 g/mol. The molecule has 0 aromatic rings. The molecule has 1 heterocycles. The molecule has 5 nitrogen and oxygen atoms in total. The fraction of sp³-hybridized carbons (Fsp3) is 0.882. The second-order valence-corrected chi connectivity index (χ2v) is 7.16. The monoisotopic (exact) mass is 309 g/mol. The van der Waals surface area contributed by atoms with E-state index >= 15 is 0 Å². The maximum absolute atomic E-state index is 12.2. The van der Waals surface area contributed by atoms with Crippen LogP contribution in [0.2, 0.25) is 0 Å². The summed E-state index contributed by atoms with van der Waals surface area (Å²) in [6.07, 6.45) is 4.58. The molecule has 5 heteroatoms. The largest absolute Gasteiger partial charge is 0.444 e. The standard InChI is InChI=1S/C17H31N3O2/c1-5-15(9-10-18)19-12-14-8-6-7-11-20(13-14)16(21)22-17(2,3)4/h14-15,19H,5-9,11-13H2,1-4H3/t14-,15+/m0/s1. The fourth-order valence-electron chi connectivity index (χ4n) is 2.69. The van der Waals surface area contributed by atoms with Crippen molar-refractivity contribution in [1.82, 2.24) is 10.2 Å².